The summed E-state index contributed by atoms with van der Waals surface area (Å²) < 4.78 is 0. The zero-order valence-corrected chi connectivity index (χ0v) is 11.4. The van der Waals surface area contributed by atoms with Gasteiger partial charge in [0, 0.05) is 5.69 Å². The molecule has 1 N–H and O–H groups in total. The SMILES string of the molecule is Cc1ccc(C)c(NC(CC#N)c2ccccc2)c1. The fourth-order valence-corrected chi connectivity index (χ4v) is 2.11. The molecule has 0 fully saturated rings. The summed E-state index contributed by atoms with van der Waals surface area (Å²) in [4.78, 5) is 0. The summed E-state index contributed by atoms with van der Waals surface area (Å²) in [7, 11) is 0. The predicted molar refractivity (Wildman–Crippen MR) is 79.0 cm³/mol. The van der Waals surface area contributed by atoms with Crippen molar-refractivity contribution in [3.8, 4) is 6.07 Å². The Balaban J connectivity index is 2.27. The third-order valence-electron chi connectivity index (χ3n) is 3.22. The number of rotatable bonds is 4. The average molecular weight is 250 g/mol. The van der Waals surface area contributed by atoms with E-state index < -0.39 is 0 Å². The van der Waals surface area contributed by atoms with Crippen molar-refractivity contribution >= 4 is 5.69 Å². The third kappa shape index (κ3) is 3.35. The molecule has 0 aromatic heterocycles. The lowest BCUT2D eigenvalue weighted by Gasteiger charge is -2.19. The molecule has 0 aliphatic rings. The summed E-state index contributed by atoms with van der Waals surface area (Å²) in [6.45, 7) is 4.16. The molecule has 0 spiro atoms. The summed E-state index contributed by atoms with van der Waals surface area (Å²) in [6, 6.07) is 18.7. The summed E-state index contributed by atoms with van der Waals surface area (Å²) in [6.07, 6.45) is 0.456. The second-order valence-corrected chi connectivity index (χ2v) is 4.79. The predicted octanol–water partition coefficient (Wildman–Crippen LogP) is 4.37. The van der Waals surface area contributed by atoms with Crippen LogP contribution in [0.2, 0.25) is 0 Å². The Morgan fingerprint density at radius 1 is 1.11 bits per heavy atom. The highest BCUT2D eigenvalue weighted by atomic mass is 14.9. The zero-order chi connectivity index (χ0) is 13.7. The van der Waals surface area contributed by atoms with Crippen LogP contribution in [-0.2, 0) is 0 Å². The van der Waals surface area contributed by atoms with Crippen LogP contribution in [-0.4, -0.2) is 0 Å². The molecular formula is C17H18N2. The van der Waals surface area contributed by atoms with Crippen molar-refractivity contribution < 1.29 is 0 Å². The van der Waals surface area contributed by atoms with Gasteiger partial charge in [-0.1, -0.05) is 42.5 Å². The van der Waals surface area contributed by atoms with Gasteiger partial charge in [-0.3, -0.25) is 0 Å². The smallest absolute Gasteiger partial charge is 0.0647 e. The minimum Gasteiger partial charge on any atom is -0.377 e. The Bertz CT molecular complexity index is 582. The first-order valence-corrected chi connectivity index (χ1v) is 6.46. The molecule has 2 aromatic carbocycles. The summed E-state index contributed by atoms with van der Waals surface area (Å²) in [5.41, 5.74) is 4.66. The van der Waals surface area contributed by atoms with E-state index in [1.54, 1.807) is 0 Å². The Labute approximate surface area is 114 Å². The van der Waals surface area contributed by atoms with Crippen LogP contribution in [0.1, 0.15) is 29.2 Å². The van der Waals surface area contributed by atoms with Crippen molar-refractivity contribution in [1.29, 1.82) is 5.26 Å². The van der Waals surface area contributed by atoms with Crippen LogP contribution in [0.4, 0.5) is 5.69 Å². The highest BCUT2D eigenvalue weighted by molar-refractivity contribution is 5.54. The molecule has 1 unspecified atom stereocenters. The van der Waals surface area contributed by atoms with E-state index in [-0.39, 0.29) is 6.04 Å². The monoisotopic (exact) mass is 250 g/mol. The maximum absolute atomic E-state index is 9.01. The van der Waals surface area contributed by atoms with Crippen LogP contribution in [0.5, 0.6) is 0 Å². The normalized spacial score (nSPS) is 11.6. The van der Waals surface area contributed by atoms with Gasteiger partial charge in [-0.2, -0.15) is 5.26 Å². The van der Waals surface area contributed by atoms with E-state index in [0.29, 0.717) is 6.42 Å². The van der Waals surface area contributed by atoms with Gasteiger partial charge in [0.05, 0.1) is 18.5 Å². The Hall–Kier alpha value is -2.27. The largest absolute Gasteiger partial charge is 0.377 e. The zero-order valence-electron chi connectivity index (χ0n) is 11.4. The molecule has 0 aliphatic carbocycles. The first kappa shape index (κ1) is 13.2. The number of nitrogens with zero attached hydrogens (tertiary/aromatic N) is 1. The topological polar surface area (TPSA) is 35.8 Å². The molecule has 2 heteroatoms. The van der Waals surface area contributed by atoms with Crippen molar-refractivity contribution in [2.75, 3.05) is 5.32 Å². The van der Waals surface area contributed by atoms with E-state index in [2.05, 4.69) is 55.6 Å². The Morgan fingerprint density at radius 2 is 1.84 bits per heavy atom. The van der Waals surface area contributed by atoms with E-state index >= 15 is 0 Å². The average Bonchev–Trinajstić information content (AvgIpc) is 2.43. The van der Waals surface area contributed by atoms with Gasteiger partial charge >= 0.3 is 0 Å². The quantitative estimate of drug-likeness (QED) is 0.874. The molecule has 0 amide bonds. The molecule has 2 nitrogen and oxygen atoms in total. The lowest BCUT2D eigenvalue weighted by atomic mass is 10.0. The third-order valence-corrected chi connectivity index (χ3v) is 3.22. The summed E-state index contributed by atoms with van der Waals surface area (Å²) >= 11 is 0. The van der Waals surface area contributed by atoms with E-state index in [9.17, 15) is 0 Å². The molecule has 2 rings (SSSR count). The number of hydrogen-bond acceptors (Lipinski definition) is 2. The standard InChI is InChI=1S/C17H18N2/c1-13-8-9-14(2)17(12-13)19-16(10-11-18)15-6-4-3-5-7-15/h3-9,12,16,19H,10H2,1-2H3. The van der Waals surface area contributed by atoms with Crippen LogP contribution >= 0.6 is 0 Å². The van der Waals surface area contributed by atoms with Crippen LogP contribution in [0.15, 0.2) is 48.5 Å². The minimum absolute atomic E-state index is 0.0340. The van der Waals surface area contributed by atoms with Gasteiger partial charge in [0.1, 0.15) is 0 Å². The number of hydrogen-bond donors (Lipinski definition) is 1. The molecule has 19 heavy (non-hydrogen) atoms. The molecule has 0 saturated carbocycles. The van der Waals surface area contributed by atoms with Crippen LogP contribution in [0.3, 0.4) is 0 Å². The Morgan fingerprint density at radius 3 is 2.53 bits per heavy atom. The lowest BCUT2D eigenvalue weighted by molar-refractivity contribution is 0.804. The van der Waals surface area contributed by atoms with Crippen LogP contribution in [0.25, 0.3) is 0 Å². The maximum Gasteiger partial charge on any atom is 0.0647 e. The van der Waals surface area contributed by atoms with Gasteiger partial charge in [-0.25, -0.2) is 0 Å². The van der Waals surface area contributed by atoms with Crippen molar-refractivity contribution in [3.63, 3.8) is 0 Å². The highest BCUT2D eigenvalue weighted by Crippen LogP contribution is 2.25. The molecule has 0 heterocycles. The van der Waals surface area contributed by atoms with Crippen LogP contribution in [0, 0.1) is 25.2 Å². The van der Waals surface area contributed by atoms with E-state index in [1.807, 2.05) is 18.2 Å². The van der Waals surface area contributed by atoms with E-state index in [4.69, 9.17) is 5.26 Å². The molecule has 0 bridgehead atoms. The highest BCUT2D eigenvalue weighted by Gasteiger charge is 2.11. The van der Waals surface area contributed by atoms with Gasteiger partial charge in [0.2, 0.25) is 0 Å². The lowest BCUT2D eigenvalue weighted by Crippen LogP contribution is -2.11. The number of nitrogens with one attached hydrogen (secondary N) is 1. The van der Waals surface area contributed by atoms with Crippen molar-refractivity contribution in [3.05, 3.63) is 65.2 Å². The first-order chi connectivity index (χ1) is 9.20. The fourth-order valence-electron chi connectivity index (χ4n) is 2.11. The molecule has 0 saturated heterocycles. The van der Waals surface area contributed by atoms with Crippen molar-refractivity contribution in [2.45, 2.75) is 26.3 Å². The number of nitriles is 1. The van der Waals surface area contributed by atoms with Crippen molar-refractivity contribution in [2.24, 2.45) is 0 Å². The van der Waals surface area contributed by atoms with Gasteiger partial charge in [-0.05, 0) is 36.6 Å². The van der Waals surface area contributed by atoms with Crippen molar-refractivity contribution in [1.82, 2.24) is 0 Å². The molecular weight excluding hydrogens is 232 g/mol. The number of anilines is 1. The van der Waals surface area contributed by atoms with Gasteiger partial charge in [-0.15, -0.1) is 0 Å². The second-order valence-electron chi connectivity index (χ2n) is 4.79. The minimum atomic E-state index is 0.0340. The fraction of sp³-hybridized carbons (Fsp3) is 0.235. The number of aryl methyl sites for hydroxylation is 2. The summed E-state index contributed by atoms with van der Waals surface area (Å²) in [5, 5.41) is 12.5. The second kappa shape index (κ2) is 6.06. The van der Waals surface area contributed by atoms with E-state index in [0.717, 1.165) is 11.3 Å². The molecule has 2 aromatic rings. The number of benzene rings is 2. The first-order valence-electron chi connectivity index (χ1n) is 6.46. The van der Waals surface area contributed by atoms with Gasteiger partial charge in [0.15, 0.2) is 0 Å². The summed E-state index contributed by atoms with van der Waals surface area (Å²) in [5.74, 6) is 0. The molecule has 0 radical (unpaired) electrons. The van der Waals surface area contributed by atoms with Gasteiger partial charge < -0.3 is 5.32 Å². The Kier molecular flexibility index (Phi) is 4.20. The van der Waals surface area contributed by atoms with Crippen LogP contribution < -0.4 is 5.32 Å². The van der Waals surface area contributed by atoms with Gasteiger partial charge in [0.25, 0.3) is 0 Å². The van der Waals surface area contributed by atoms with E-state index in [1.165, 1.54) is 11.1 Å². The maximum atomic E-state index is 9.01. The molecule has 1 atom stereocenters. The molecule has 96 valence electrons. The molecule has 0 aliphatic heterocycles.